The Hall–Kier alpha value is -2.45. The van der Waals surface area contributed by atoms with Gasteiger partial charge in [-0.15, -0.1) is 0 Å². The van der Waals surface area contributed by atoms with E-state index in [0.29, 0.717) is 31.0 Å². The van der Waals surface area contributed by atoms with Crippen LogP contribution in [0.5, 0.6) is 0 Å². The van der Waals surface area contributed by atoms with E-state index in [4.69, 9.17) is 0 Å². The smallest absolute Gasteiger partial charge is 0.243 e. The highest BCUT2D eigenvalue weighted by Gasteiger charge is 2.33. The second-order valence-electron chi connectivity index (χ2n) is 8.53. The third-order valence-electron chi connectivity index (χ3n) is 6.13. The molecule has 0 radical (unpaired) electrons. The number of anilines is 2. The molecule has 2 atom stereocenters. The van der Waals surface area contributed by atoms with Gasteiger partial charge in [0.1, 0.15) is 5.82 Å². The number of benzene rings is 2. The Morgan fingerprint density at radius 3 is 2.35 bits per heavy atom. The Balaban J connectivity index is 1.39. The van der Waals surface area contributed by atoms with E-state index in [1.54, 1.807) is 0 Å². The molecule has 0 aromatic heterocycles. The maximum absolute atomic E-state index is 13.2. The van der Waals surface area contributed by atoms with Gasteiger partial charge in [0.2, 0.25) is 15.9 Å². The Labute approximate surface area is 183 Å². The third-order valence-corrected chi connectivity index (χ3v) is 8.01. The van der Waals surface area contributed by atoms with Gasteiger partial charge in [0.25, 0.3) is 0 Å². The van der Waals surface area contributed by atoms with Crippen LogP contribution >= 0.6 is 0 Å². The molecule has 166 valence electrons. The van der Waals surface area contributed by atoms with Crippen molar-refractivity contribution in [1.82, 2.24) is 4.31 Å². The molecule has 2 aliphatic heterocycles. The van der Waals surface area contributed by atoms with Gasteiger partial charge in [-0.25, -0.2) is 12.8 Å². The molecule has 4 rings (SSSR count). The summed E-state index contributed by atoms with van der Waals surface area (Å²) in [6.07, 6.45) is 2.42. The van der Waals surface area contributed by atoms with Gasteiger partial charge < -0.3 is 10.2 Å². The Morgan fingerprint density at radius 2 is 1.71 bits per heavy atom. The predicted molar refractivity (Wildman–Crippen MR) is 119 cm³/mol. The average Bonchev–Trinajstić information content (AvgIpc) is 3.21. The number of halogens is 1. The molecular formula is C23H28FN3O3S. The van der Waals surface area contributed by atoms with Crippen LogP contribution < -0.4 is 10.2 Å². The molecule has 31 heavy (non-hydrogen) atoms. The number of amides is 1. The van der Waals surface area contributed by atoms with Crippen molar-refractivity contribution < 1.29 is 17.6 Å². The van der Waals surface area contributed by atoms with Crippen LogP contribution in [0.2, 0.25) is 0 Å². The monoisotopic (exact) mass is 445 g/mol. The topological polar surface area (TPSA) is 69.7 Å². The van der Waals surface area contributed by atoms with Gasteiger partial charge in [-0.05, 0) is 73.7 Å². The number of nitrogens with one attached hydrogen (secondary N) is 1. The summed E-state index contributed by atoms with van der Waals surface area (Å²) in [6.45, 7) is 4.82. The zero-order valence-electron chi connectivity index (χ0n) is 17.6. The lowest BCUT2D eigenvalue weighted by molar-refractivity contribution is -0.120. The summed E-state index contributed by atoms with van der Waals surface area (Å²) in [5.74, 6) is -0.399. The molecule has 8 heteroatoms. The molecule has 2 fully saturated rings. The summed E-state index contributed by atoms with van der Waals surface area (Å²) in [5, 5.41) is 2.93. The minimum absolute atomic E-state index is 0.0433. The largest absolute Gasteiger partial charge is 0.371 e. The second kappa shape index (κ2) is 8.96. The number of rotatable bonds is 5. The highest BCUT2D eigenvalue weighted by Crippen LogP contribution is 2.27. The molecule has 2 aliphatic rings. The molecule has 0 bridgehead atoms. The number of hydrogen-bond donors (Lipinski definition) is 1. The number of hydrogen-bond acceptors (Lipinski definition) is 4. The second-order valence-corrected chi connectivity index (χ2v) is 10.5. The first-order valence-electron chi connectivity index (χ1n) is 10.7. The van der Waals surface area contributed by atoms with E-state index in [-0.39, 0.29) is 17.3 Å². The zero-order chi connectivity index (χ0) is 22.0. The van der Waals surface area contributed by atoms with Gasteiger partial charge in [0.15, 0.2) is 0 Å². The number of carbonyl (C=O) groups excluding carboxylic acids is 1. The fraction of sp³-hybridized carbons (Fsp3) is 0.435. The van der Waals surface area contributed by atoms with E-state index in [1.165, 1.54) is 22.9 Å². The van der Waals surface area contributed by atoms with Gasteiger partial charge in [-0.1, -0.05) is 6.92 Å². The van der Waals surface area contributed by atoms with Gasteiger partial charge in [-0.2, -0.15) is 4.31 Å². The highest BCUT2D eigenvalue weighted by atomic mass is 32.2. The standard InChI is InChI=1S/C23H28FN3O3S/c1-17-12-14-26(15-17)21-8-6-20(7-9-21)25-23(28)18-3-2-13-27(16-18)31(29,30)22-10-4-19(24)5-11-22/h4-11,17-18H,2-3,12-16H2,1H3,(H,25,28). The van der Waals surface area contributed by atoms with Crippen LogP contribution in [0.4, 0.5) is 15.8 Å². The first-order chi connectivity index (χ1) is 14.8. The van der Waals surface area contributed by atoms with E-state index < -0.39 is 21.8 Å². The fourth-order valence-electron chi connectivity index (χ4n) is 4.30. The first kappa shape index (κ1) is 21.8. The number of nitrogens with zero attached hydrogens (tertiary/aromatic N) is 2. The van der Waals surface area contributed by atoms with Crippen molar-refractivity contribution in [2.45, 2.75) is 31.1 Å². The van der Waals surface area contributed by atoms with Crippen molar-refractivity contribution in [2.24, 2.45) is 11.8 Å². The van der Waals surface area contributed by atoms with E-state index >= 15 is 0 Å². The van der Waals surface area contributed by atoms with Gasteiger partial charge in [-0.3, -0.25) is 4.79 Å². The molecule has 2 aromatic carbocycles. The van der Waals surface area contributed by atoms with E-state index in [0.717, 1.165) is 30.9 Å². The molecule has 6 nitrogen and oxygen atoms in total. The minimum atomic E-state index is -3.76. The molecular weight excluding hydrogens is 417 g/mol. The quantitative estimate of drug-likeness (QED) is 0.762. The average molecular weight is 446 g/mol. The van der Waals surface area contributed by atoms with Crippen LogP contribution in [-0.4, -0.2) is 44.8 Å². The highest BCUT2D eigenvalue weighted by molar-refractivity contribution is 7.89. The van der Waals surface area contributed by atoms with Crippen molar-refractivity contribution in [1.29, 1.82) is 0 Å². The Morgan fingerprint density at radius 1 is 1.00 bits per heavy atom. The Kier molecular flexibility index (Phi) is 6.29. The zero-order valence-corrected chi connectivity index (χ0v) is 18.4. The van der Waals surface area contributed by atoms with Crippen LogP contribution in [0.1, 0.15) is 26.2 Å². The van der Waals surface area contributed by atoms with Crippen LogP contribution in [0.15, 0.2) is 53.4 Å². The maximum atomic E-state index is 13.2. The summed E-state index contributed by atoms with van der Waals surface area (Å²) in [6, 6.07) is 12.6. The molecule has 0 saturated carbocycles. The predicted octanol–water partition coefficient (Wildman–Crippen LogP) is 3.71. The number of carbonyl (C=O) groups is 1. The third kappa shape index (κ3) is 4.91. The van der Waals surface area contributed by atoms with Crippen molar-refractivity contribution in [3.63, 3.8) is 0 Å². The van der Waals surface area contributed by atoms with E-state index in [1.807, 2.05) is 24.3 Å². The van der Waals surface area contributed by atoms with Crippen LogP contribution in [0, 0.1) is 17.7 Å². The molecule has 2 unspecified atom stereocenters. The minimum Gasteiger partial charge on any atom is -0.371 e. The molecule has 1 amide bonds. The maximum Gasteiger partial charge on any atom is 0.243 e. The lowest BCUT2D eigenvalue weighted by atomic mass is 9.98. The fourth-order valence-corrected chi connectivity index (χ4v) is 5.82. The molecule has 2 saturated heterocycles. The van der Waals surface area contributed by atoms with Gasteiger partial charge in [0, 0.05) is 37.6 Å². The van der Waals surface area contributed by atoms with E-state index in [2.05, 4.69) is 17.1 Å². The van der Waals surface area contributed by atoms with Gasteiger partial charge >= 0.3 is 0 Å². The lowest BCUT2D eigenvalue weighted by Crippen LogP contribution is -2.43. The first-order valence-corrected chi connectivity index (χ1v) is 12.2. The summed E-state index contributed by atoms with van der Waals surface area (Å²) >= 11 is 0. The van der Waals surface area contributed by atoms with Crippen molar-refractivity contribution in [2.75, 3.05) is 36.4 Å². The van der Waals surface area contributed by atoms with Crippen molar-refractivity contribution in [3.8, 4) is 0 Å². The van der Waals surface area contributed by atoms with Gasteiger partial charge in [0.05, 0.1) is 10.8 Å². The van der Waals surface area contributed by atoms with Crippen LogP contribution in [0.3, 0.4) is 0 Å². The summed E-state index contributed by atoms with van der Waals surface area (Å²) in [5.41, 5.74) is 1.86. The molecule has 2 heterocycles. The number of sulfonamides is 1. The summed E-state index contributed by atoms with van der Waals surface area (Å²) < 4.78 is 40.2. The molecule has 1 N–H and O–H groups in total. The Bertz CT molecular complexity index is 1030. The number of piperidine rings is 1. The van der Waals surface area contributed by atoms with Crippen molar-refractivity contribution in [3.05, 3.63) is 54.3 Å². The van der Waals surface area contributed by atoms with Crippen molar-refractivity contribution >= 4 is 27.3 Å². The summed E-state index contributed by atoms with van der Waals surface area (Å²) in [7, 11) is -3.76. The normalized spacial score (nSPS) is 22.5. The van der Waals surface area contributed by atoms with Crippen LogP contribution in [-0.2, 0) is 14.8 Å². The summed E-state index contributed by atoms with van der Waals surface area (Å²) in [4.78, 5) is 15.2. The molecule has 0 aliphatic carbocycles. The SMILES string of the molecule is CC1CCN(c2ccc(NC(=O)C3CCCN(S(=O)(=O)c4ccc(F)cc4)C3)cc2)C1. The van der Waals surface area contributed by atoms with Crippen LogP contribution in [0.25, 0.3) is 0 Å². The molecule has 2 aromatic rings. The van der Waals surface area contributed by atoms with E-state index in [9.17, 15) is 17.6 Å². The lowest BCUT2D eigenvalue weighted by Gasteiger charge is -2.31. The molecule has 0 spiro atoms.